The highest BCUT2D eigenvalue weighted by Gasteiger charge is 2.37. The van der Waals surface area contributed by atoms with Gasteiger partial charge >= 0.3 is 0 Å². The zero-order valence-electron chi connectivity index (χ0n) is 32.0. The summed E-state index contributed by atoms with van der Waals surface area (Å²) >= 11 is 0. The Kier molecular flexibility index (Phi) is 8.08. The van der Waals surface area contributed by atoms with Gasteiger partial charge in [-0.2, -0.15) is 0 Å². The standard InChI is InChI=1S/C53H40N4/c1-5-17-35(6-2)45-34-50(55-52(54-45)37-19-9-7-10-20-37)57-47-31-28-36-18-13-14-23-41(36)51(47)42-29-26-38(32-48(42)57)39-27-30-44-49(33-39)56(40-21-11-8-12-22-40)46-25-16-15-24-43(46)53(44,3)4/h5-34H,1-2H2,3-4H3/b35-17+. The Bertz CT molecular complexity index is 3080. The maximum atomic E-state index is 5.30. The van der Waals surface area contributed by atoms with Crippen molar-refractivity contribution >= 4 is 55.2 Å². The van der Waals surface area contributed by atoms with Crippen LogP contribution in [0.1, 0.15) is 30.7 Å². The quantitative estimate of drug-likeness (QED) is 0.153. The van der Waals surface area contributed by atoms with Gasteiger partial charge in [-0.15, -0.1) is 0 Å². The second-order valence-corrected chi connectivity index (χ2v) is 15.2. The van der Waals surface area contributed by atoms with E-state index < -0.39 is 0 Å². The third-order valence-electron chi connectivity index (χ3n) is 11.5. The molecule has 0 radical (unpaired) electrons. The van der Waals surface area contributed by atoms with E-state index in [1.54, 1.807) is 6.08 Å². The van der Waals surface area contributed by atoms with E-state index >= 15 is 0 Å². The average Bonchev–Trinajstić information content (AvgIpc) is 3.60. The van der Waals surface area contributed by atoms with Crippen LogP contribution >= 0.6 is 0 Å². The van der Waals surface area contributed by atoms with Crippen LogP contribution in [-0.4, -0.2) is 14.5 Å². The molecular weight excluding hydrogens is 693 g/mol. The van der Waals surface area contributed by atoms with Gasteiger partial charge < -0.3 is 4.90 Å². The van der Waals surface area contributed by atoms with Crippen molar-refractivity contribution in [1.29, 1.82) is 0 Å². The van der Waals surface area contributed by atoms with Crippen molar-refractivity contribution in [2.75, 3.05) is 4.90 Å². The fourth-order valence-electron chi connectivity index (χ4n) is 8.76. The number of allylic oxidation sites excluding steroid dienone is 4. The Labute approximate surface area is 333 Å². The average molecular weight is 733 g/mol. The highest BCUT2D eigenvalue weighted by atomic mass is 15.2. The third kappa shape index (κ3) is 5.52. The molecule has 1 aliphatic heterocycles. The molecule has 4 nitrogen and oxygen atoms in total. The summed E-state index contributed by atoms with van der Waals surface area (Å²) in [5.41, 5.74) is 13.0. The molecule has 2 aromatic heterocycles. The minimum atomic E-state index is -0.182. The van der Waals surface area contributed by atoms with Crippen molar-refractivity contribution in [1.82, 2.24) is 14.5 Å². The largest absolute Gasteiger partial charge is 0.310 e. The summed E-state index contributed by atoms with van der Waals surface area (Å²) in [5.74, 6) is 1.42. The molecule has 57 heavy (non-hydrogen) atoms. The lowest BCUT2D eigenvalue weighted by molar-refractivity contribution is 0.632. The second kappa shape index (κ2) is 13.5. The fraction of sp³-hybridized carbons (Fsp3) is 0.0566. The zero-order chi connectivity index (χ0) is 38.7. The summed E-state index contributed by atoms with van der Waals surface area (Å²) in [5, 5.41) is 4.76. The Balaban J connectivity index is 1.24. The minimum Gasteiger partial charge on any atom is -0.310 e. The summed E-state index contributed by atoms with van der Waals surface area (Å²) < 4.78 is 2.31. The van der Waals surface area contributed by atoms with Gasteiger partial charge in [0, 0.05) is 33.5 Å². The Morgan fingerprint density at radius 1 is 0.579 bits per heavy atom. The minimum absolute atomic E-state index is 0.182. The highest BCUT2D eigenvalue weighted by molar-refractivity contribution is 6.21. The van der Waals surface area contributed by atoms with Crippen molar-refractivity contribution in [3.8, 4) is 28.3 Å². The van der Waals surface area contributed by atoms with Crippen LogP contribution in [0.25, 0.3) is 66.5 Å². The summed E-state index contributed by atoms with van der Waals surface area (Å²) in [6.07, 6.45) is 5.55. The number of benzene rings is 7. The molecule has 10 rings (SSSR count). The van der Waals surface area contributed by atoms with E-state index in [0.29, 0.717) is 5.82 Å². The van der Waals surface area contributed by atoms with Crippen LogP contribution in [-0.2, 0) is 5.41 Å². The highest BCUT2D eigenvalue weighted by Crippen LogP contribution is 2.52. The number of fused-ring (bicyclic) bond motifs is 7. The van der Waals surface area contributed by atoms with E-state index in [0.717, 1.165) is 55.9 Å². The third-order valence-corrected chi connectivity index (χ3v) is 11.5. The Morgan fingerprint density at radius 2 is 1.28 bits per heavy atom. The van der Waals surface area contributed by atoms with Gasteiger partial charge in [0.15, 0.2) is 5.82 Å². The van der Waals surface area contributed by atoms with Gasteiger partial charge in [-0.05, 0) is 75.0 Å². The molecule has 0 fully saturated rings. The molecule has 0 aliphatic carbocycles. The molecule has 0 spiro atoms. The predicted octanol–water partition coefficient (Wildman–Crippen LogP) is 13.9. The molecule has 3 heterocycles. The summed E-state index contributed by atoms with van der Waals surface area (Å²) in [4.78, 5) is 12.8. The van der Waals surface area contributed by atoms with E-state index in [9.17, 15) is 0 Å². The SMILES string of the molecule is C=C/C=C(\C=C)c1cc(-n2c3cc(-c4ccc5c(c4)N(c4ccccc4)c4ccccc4C5(C)C)ccc3c3c4ccccc4ccc32)nc(-c2ccccc2)n1. The lowest BCUT2D eigenvalue weighted by atomic mass is 9.73. The zero-order valence-corrected chi connectivity index (χ0v) is 32.0. The van der Waals surface area contributed by atoms with Crippen LogP contribution in [0, 0.1) is 0 Å². The van der Waals surface area contributed by atoms with Crippen molar-refractivity contribution in [3.05, 3.63) is 212 Å². The molecule has 1 aliphatic rings. The van der Waals surface area contributed by atoms with Gasteiger partial charge in [-0.3, -0.25) is 4.57 Å². The van der Waals surface area contributed by atoms with Crippen LogP contribution in [0.5, 0.6) is 0 Å². The first kappa shape index (κ1) is 34.2. The van der Waals surface area contributed by atoms with Gasteiger partial charge in [0.05, 0.1) is 28.1 Å². The second-order valence-electron chi connectivity index (χ2n) is 15.2. The normalized spacial score (nSPS) is 13.4. The molecule has 4 heteroatoms. The fourth-order valence-corrected chi connectivity index (χ4v) is 8.76. The molecule has 0 N–H and O–H groups in total. The van der Waals surface area contributed by atoms with Crippen molar-refractivity contribution < 1.29 is 0 Å². The van der Waals surface area contributed by atoms with E-state index in [1.807, 2.05) is 30.4 Å². The molecule has 0 unspecified atom stereocenters. The number of hydrogen-bond donors (Lipinski definition) is 0. The molecule has 0 saturated heterocycles. The van der Waals surface area contributed by atoms with Gasteiger partial charge in [0.1, 0.15) is 5.82 Å². The molecule has 9 aromatic rings. The Hall–Kier alpha value is -7.30. The van der Waals surface area contributed by atoms with Gasteiger partial charge in [0.25, 0.3) is 0 Å². The maximum Gasteiger partial charge on any atom is 0.162 e. The summed E-state index contributed by atoms with van der Waals surface area (Å²) in [6.45, 7) is 12.8. The first-order valence-electron chi connectivity index (χ1n) is 19.4. The van der Waals surface area contributed by atoms with Gasteiger partial charge in [-0.1, -0.05) is 167 Å². The molecular formula is C53H40N4. The molecule has 0 amide bonds. The molecule has 0 saturated carbocycles. The number of aromatic nitrogens is 3. The van der Waals surface area contributed by atoms with Crippen LogP contribution in [0.3, 0.4) is 0 Å². The first-order valence-corrected chi connectivity index (χ1v) is 19.4. The van der Waals surface area contributed by atoms with Crippen LogP contribution in [0.4, 0.5) is 17.1 Å². The van der Waals surface area contributed by atoms with Crippen LogP contribution < -0.4 is 4.90 Å². The maximum absolute atomic E-state index is 5.30. The number of hydrogen-bond acceptors (Lipinski definition) is 3. The monoisotopic (exact) mass is 732 g/mol. The Morgan fingerprint density at radius 3 is 2.09 bits per heavy atom. The lowest BCUT2D eigenvalue weighted by Gasteiger charge is -2.42. The van der Waals surface area contributed by atoms with E-state index in [4.69, 9.17) is 9.97 Å². The van der Waals surface area contributed by atoms with Gasteiger partial charge in [-0.25, -0.2) is 9.97 Å². The number of nitrogens with zero attached hydrogens (tertiary/aromatic N) is 4. The van der Waals surface area contributed by atoms with Crippen LogP contribution in [0.15, 0.2) is 195 Å². The number of para-hydroxylation sites is 2. The molecule has 0 atom stereocenters. The summed E-state index contributed by atoms with van der Waals surface area (Å²) in [7, 11) is 0. The van der Waals surface area contributed by atoms with Crippen molar-refractivity contribution in [2.24, 2.45) is 0 Å². The molecule has 0 bridgehead atoms. The van der Waals surface area contributed by atoms with E-state index in [-0.39, 0.29) is 5.41 Å². The number of rotatable bonds is 7. The predicted molar refractivity (Wildman–Crippen MR) is 240 cm³/mol. The van der Waals surface area contributed by atoms with Crippen molar-refractivity contribution in [2.45, 2.75) is 19.3 Å². The smallest absolute Gasteiger partial charge is 0.162 e. The summed E-state index contributed by atoms with van der Waals surface area (Å²) in [6, 6.07) is 58.7. The number of anilines is 3. The van der Waals surface area contributed by atoms with Gasteiger partial charge in [0.2, 0.25) is 0 Å². The van der Waals surface area contributed by atoms with E-state index in [1.165, 1.54) is 38.7 Å². The van der Waals surface area contributed by atoms with Crippen LogP contribution in [0.2, 0.25) is 0 Å². The molecule has 272 valence electrons. The topological polar surface area (TPSA) is 34.0 Å². The lowest BCUT2D eigenvalue weighted by Crippen LogP contribution is -2.30. The van der Waals surface area contributed by atoms with Crippen molar-refractivity contribution in [3.63, 3.8) is 0 Å². The molecule has 7 aromatic carbocycles. The van der Waals surface area contributed by atoms with E-state index in [2.05, 4.69) is 182 Å². The first-order chi connectivity index (χ1) is 27.9.